The van der Waals surface area contributed by atoms with Crippen molar-refractivity contribution in [1.29, 1.82) is 0 Å². The minimum absolute atomic E-state index is 0.236. The van der Waals surface area contributed by atoms with Crippen molar-refractivity contribution in [1.82, 2.24) is 0 Å². The normalized spacial score (nSPS) is 11.6. The zero-order valence-corrected chi connectivity index (χ0v) is 13.1. The maximum Gasteiger partial charge on any atom is 0.340 e. The Labute approximate surface area is 134 Å². The summed E-state index contributed by atoms with van der Waals surface area (Å²) in [6.07, 6.45) is -0.927. The first-order valence-electron chi connectivity index (χ1n) is 6.81. The van der Waals surface area contributed by atoms with Crippen LogP contribution in [0.2, 0.25) is 5.02 Å². The van der Waals surface area contributed by atoms with Gasteiger partial charge in [0.15, 0.2) is 6.10 Å². The van der Waals surface area contributed by atoms with Crippen molar-refractivity contribution in [2.75, 3.05) is 5.32 Å². The molecule has 1 amide bonds. The molecule has 1 atom stereocenters. The molecule has 0 aliphatic carbocycles. The van der Waals surface area contributed by atoms with Crippen LogP contribution in [0, 0.1) is 6.92 Å². The second-order valence-corrected chi connectivity index (χ2v) is 5.24. The Morgan fingerprint density at radius 2 is 1.73 bits per heavy atom. The van der Waals surface area contributed by atoms with Crippen molar-refractivity contribution in [3.8, 4) is 0 Å². The van der Waals surface area contributed by atoms with E-state index in [0.29, 0.717) is 10.7 Å². The lowest BCUT2D eigenvalue weighted by Gasteiger charge is -2.15. The first kappa shape index (κ1) is 16.0. The number of carbonyl (C=O) groups is 2. The highest BCUT2D eigenvalue weighted by molar-refractivity contribution is 6.33. The van der Waals surface area contributed by atoms with Crippen LogP contribution < -0.4 is 5.32 Å². The molecule has 0 aliphatic heterocycles. The van der Waals surface area contributed by atoms with E-state index < -0.39 is 18.0 Å². The van der Waals surface area contributed by atoms with Crippen molar-refractivity contribution >= 4 is 29.2 Å². The second-order valence-electron chi connectivity index (χ2n) is 4.83. The highest BCUT2D eigenvalue weighted by atomic mass is 35.5. The van der Waals surface area contributed by atoms with Crippen LogP contribution in [0.15, 0.2) is 48.5 Å². The summed E-state index contributed by atoms with van der Waals surface area (Å²) in [5.74, 6) is -1.02. The molecule has 0 unspecified atom stereocenters. The largest absolute Gasteiger partial charge is 0.449 e. The highest BCUT2D eigenvalue weighted by Gasteiger charge is 2.20. The number of ether oxygens (including phenoxy) is 1. The Kier molecular flexibility index (Phi) is 5.17. The summed E-state index contributed by atoms with van der Waals surface area (Å²) in [6.45, 7) is 3.40. The van der Waals surface area contributed by atoms with E-state index in [1.165, 1.54) is 6.92 Å². The summed E-state index contributed by atoms with van der Waals surface area (Å²) in [6, 6.07) is 13.9. The van der Waals surface area contributed by atoms with Crippen LogP contribution >= 0.6 is 11.6 Å². The van der Waals surface area contributed by atoms with Crippen LogP contribution in [0.4, 0.5) is 5.69 Å². The molecular formula is C17H16ClNO3. The molecule has 0 fully saturated rings. The highest BCUT2D eigenvalue weighted by Crippen LogP contribution is 2.17. The van der Waals surface area contributed by atoms with Gasteiger partial charge in [-0.05, 0) is 37.6 Å². The Balaban J connectivity index is 2.01. The maximum absolute atomic E-state index is 12.1. The summed E-state index contributed by atoms with van der Waals surface area (Å²) >= 11 is 5.93. The van der Waals surface area contributed by atoms with E-state index in [9.17, 15) is 9.59 Å². The van der Waals surface area contributed by atoms with E-state index in [0.717, 1.165) is 5.56 Å². The third-order valence-corrected chi connectivity index (χ3v) is 3.48. The van der Waals surface area contributed by atoms with Gasteiger partial charge in [-0.15, -0.1) is 0 Å². The van der Waals surface area contributed by atoms with Gasteiger partial charge in [0, 0.05) is 5.69 Å². The molecule has 0 aliphatic rings. The van der Waals surface area contributed by atoms with Gasteiger partial charge in [0.05, 0.1) is 10.6 Å². The minimum Gasteiger partial charge on any atom is -0.449 e. The van der Waals surface area contributed by atoms with Gasteiger partial charge in [0.1, 0.15) is 0 Å². The summed E-state index contributed by atoms with van der Waals surface area (Å²) in [5, 5.41) is 3.02. The number of benzene rings is 2. The van der Waals surface area contributed by atoms with Crippen LogP contribution in [0.1, 0.15) is 22.8 Å². The van der Waals surface area contributed by atoms with Crippen LogP contribution in [0.3, 0.4) is 0 Å². The number of hydrogen-bond acceptors (Lipinski definition) is 3. The smallest absolute Gasteiger partial charge is 0.340 e. The molecule has 4 nitrogen and oxygen atoms in total. The Hall–Kier alpha value is -2.33. The quantitative estimate of drug-likeness (QED) is 0.872. The number of carbonyl (C=O) groups excluding carboxylic acids is 2. The number of anilines is 1. The number of nitrogens with one attached hydrogen (secondary N) is 1. The Morgan fingerprint density at radius 3 is 2.41 bits per heavy atom. The number of amides is 1. The molecule has 0 spiro atoms. The predicted octanol–water partition coefficient (Wildman–Crippen LogP) is 3.83. The average molecular weight is 318 g/mol. The Morgan fingerprint density at radius 1 is 1.09 bits per heavy atom. The predicted molar refractivity (Wildman–Crippen MR) is 86.1 cm³/mol. The molecule has 0 bridgehead atoms. The molecule has 0 saturated carbocycles. The lowest BCUT2D eigenvalue weighted by molar-refractivity contribution is -0.123. The van der Waals surface area contributed by atoms with Gasteiger partial charge in [0.25, 0.3) is 5.91 Å². The van der Waals surface area contributed by atoms with Crippen molar-refractivity contribution < 1.29 is 14.3 Å². The lowest BCUT2D eigenvalue weighted by Crippen LogP contribution is -2.30. The molecule has 2 aromatic carbocycles. The SMILES string of the molecule is Cc1ccccc1NC(=O)[C@@H](C)OC(=O)c1ccccc1Cl. The molecule has 2 rings (SSSR count). The topological polar surface area (TPSA) is 55.4 Å². The first-order valence-corrected chi connectivity index (χ1v) is 7.19. The number of aryl methyl sites for hydroxylation is 1. The molecule has 114 valence electrons. The number of hydrogen-bond donors (Lipinski definition) is 1. The minimum atomic E-state index is -0.927. The first-order chi connectivity index (χ1) is 10.5. The van der Waals surface area contributed by atoms with E-state index in [4.69, 9.17) is 16.3 Å². The molecule has 0 aromatic heterocycles. The number of halogens is 1. The van der Waals surface area contributed by atoms with Gasteiger partial charge in [0.2, 0.25) is 0 Å². The summed E-state index contributed by atoms with van der Waals surface area (Å²) < 4.78 is 5.16. The van der Waals surface area contributed by atoms with Crippen molar-refractivity contribution in [3.05, 3.63) is 64.7 Å². The van der Waals surface area contributed by atoms with Gasteiger partial charge in [-0.2, -0.15) is 0 Å². The van der Waals surface area contributed by atoms with Crippen LogP contribution in [-0.2, 0) is 9.53 Å². The zero-order chi connectivity index (χ0) is 16.1. The molecule has 0 heterocycles. The monoisotopic (exact) mass is 317 g/mol. The Bertz CT molecular complexity index is 700. The van der Waals surface area contributed by atoms with Crippen molar-refractivity contribution in [3.63, 3.8) is 0 Å². The fraction of sp³-hybridized carbons (Fsp3) is 0.176. The van der Waals surface area contributed by atoms with Crippen LogP contribution in [-0.4, -0.2) is 18.0 Å². The van der Waals surface area contributed by atoms with Gasteiger partial charge in [-0.3, -0.25) is 4.79 Å². The molecule has 0 saturated heterocycles. The number of para-hydroxylation sites is 1. The summed E-state index contributed by atoms with van der Waals surface area (Å²) in [4.78, 5) is 24.1. The zero-order valence-electron chi connectivity index (χ0n) is 12.3. The van der Waals surface area contributed by atoms with Crippen LogP contribution in [0.25, 0.3) is 0 Å². The fourth-order valence-electron chi connectivity index (χ4n) is 1.85. The standard InChI is InChI=1S/C17H16ClNO3/c1-11-7-3-6-10-15(11)19-16(20)12(2)22-17(21)13-8-4-5-9-14(13)18/h3-10,12H,1-2H3,(H,19,20)/t12-/m1/s1. The number of esters is 1. The van der Waals surface area contributed by atoms with Crippen molar-refractivity contribution in [2.45, 2.75) is 20.0 Å². The summed E-state index contributed by atoms with van der Waals surface area (Å²) in [5.41, 5.74) is 1.85. The fourth-order valence-corrected chi connectivity index (χ4v) is 2.06. The number of rotatable bonds is 4. The molecule has 1 N–H and O–H groups in total. The third kappa shape index (κ3) is 3.86. The average Bonchev–Trinajstić information content (AvgIpc) is 2.49. The van der Waals surface area contributed by atoms with Crippen molar-refractivity contribution in [2.24, 2.45) is 0 Å². The van der Waals surface area contributed by atoms with Gasteiger partial charge < -0.3 is 10.1 Å². The van der Waals surface area contributed by atoms with E-state index in [2.05, 4.69) is 5.32 Å². The van der Waals surface area contributed by atoms with E-state index in [1.807, 2.05) is 25.1 Å². The molecule has 2 aromatic rings. The molecular weight excluding hydrogens is 302 g/mol. The third-order valence-electron chi connectivity index (χ3n) is 3.15. The lowest BCUT2D eigenvalue weighted by atomic mass is 10.2. The van der Waals surface area contributed by atoms with Gasteiger partial charge >= 0.3 is 5.97 Å². The van der Waals surface area contributed by atoms with E-state index >= 15 is 0 Å². The van der Waals surface area contributed by atoms with Crippen LogP contribution in [0.5, 0.6) is 0 Å². The van der Waals surface area contributed by atoms with E-state index in [-0.39, 0.29) is 5.56 Å². The van der Waals surface area contributed by atoms with Gasteiger partial charge in [-0.1, -0.05) is 41.9 Å². The molecule has 0 radical (unpaired) electrons. The molecule has 5 heteroatoms. The summed E-state index contributed by atoms with van der Waals surface area (Å²) in [7, 11) is 0. The molecule has 22 heavy (non-hydrogen) atoms. The van der Waals surface area contributed by atoms with Gasteiger partial charge in [-0.25, -0.2) is 4.79 Å². The maximum atomic E-state index is 12.1. The van der Waals surface area contributed by atoms with E-state index in [1.54, 1.807) is 30.3 Å². The second kappa shape index (κ2) is 7.09.